The molecular formula is C16H17F2N3. The van der Waals surface area contributed by atoms with E-state index in [9.17, 15) is 8.78 Å². The molecule has 0 unspecified atom stereocenters. The highest BCUT2D eigenvalue weighted by atomic mass is 19.1. The molecule has 110 valence electrons. The summed E-state index contributed by atoms with van der Waals surface area (Å²) in [6.07, 6.45) is 0.547. The van der Waals surface area contributed by atoms with E-state index >= 15 is 0 Å². The smallest absolute Gasteiger partial charge is 0.126 e. The highest BCUT2D eigenvalue weighted by Gasteiger charge is 2.08. The van der Waals surface area contributed by atoms with Crippen LogP contribution in [0.4, 0.5) is 8.78 Å². The summed E-state index contributed by atoms with van der Waals surface area (Å²) >= 11 is 0. The number of nitriles is 1. The third-order valence-corrected chi connectivity index (χ3v) is 3.58. The topological polar surface area (TPSA) is 40.8 Å². The quantitative estimate of drug-likeness (QED) is 0.860. The molecule has 1 aromatic heterocycles. The minimum Gasteiger partial charge on any atom is -0.340 e. The summed E-state index contributed by atoms with van der Waals surface area (Å²) in [4.78, 5) is 0. The van der Waals surface area contributed by atoms with Crippen LogP contribution in [0.5, 0.6) is 0 Å². The lowest BCUT2D eigenvalue weighted by Crippen LogP contribution is -2.17. The van der Waals surface area contributed by atoms with Gasteiger partial charge in [0.25, 0.3) is 0 Å². The van der Waals surface area contributed by atoms with Crippen molar-refractivity contribution in [1.29, 1.82) is 5.26 Å². The maximum absolute atomic E-state index is 13.0. The number of benzene rings is 1. The Balaban J connectivity index is 1.89. The second-order valence-corrected chi connectivity index (χ2v) is 5.02. The fraction of sp³-hybridized carbons (Fsp3) is 0.312. The first-order valence-electron chi connectivity index (χ1n) is 6.72. The molecule has 0 atom stereocenters. The lowest BCUT2D eigenvalue weighted by Gasteiger charge is -2.06. The Morgan fingerprint density at radius 1 is 1.19 bits per heavy atom. The van der Waals surface area contributed by atoms with E-state index in [1.54, 1.807) is 0 Å². The van der Waals surface area contributed by atoms with Gasteiger partial charge in [-0.05, 0) is 49.2 Å². The maximum atomic E-state index is 13.0. The third-order valence-electron chi connectivity index (χ3n) is 3.58. The molecule has 1 heterocycles. The zero-order chi connectivity index (χ0) is 15.4. The van der Waals surface area contributed by atoms with E-state index in [-0.39, 0.29) is 0 Å². The fourth-order valence-corrected chi connectivity index (χ4v) is 2.26. The van der Waals surface area contributed by atoms with Gasteiger partial charge < -0.3 is 9.88 Å². The van der Waals surface area contributed by atoms with Gasteiger partial charge in [0, 0.05) is 25.4 Å². The molecule has 0 aliphatic carbocycles. The first-order valence-corrected chi connectivity index (χ1v) is 6.72. The van der Waals surface area contributed by atoms with E-state index in [4.69, 9.17) is 5.26 Å². The molecule has 21 heavy (non-hydrogen) atoms. The van der Waals surface area contributed by atoms with E-state index in [2.05, 4.69) is 11.4 Å². The van der Waals surface area contributed by atoms with Crippen molar-refractivity contribution < 1.29 is 8.78 Å². The lowest BCUT2D eigenvalue weighted by atomic mass is 10.1. The number of aromatic nitrogens is 1. The van der Waals surface area contributed by atoms with E-state index in [0.717, 1.165) is 17.3 Å². The predicted molar refractivity (Wildman–Crippen MR) is 76.6 cm³/mol. The van der Waals surface area contributed by atoms with E-state index in [1.807, 2.05) is 24.6 Å². The van der Waals surface area contributed by atoms with Crippen LogP contribution in [0.3, 0.4) is 0 Å². The van der Waals surface area contributed by atoms with Crippen molar-refractivity contribution in [3.05, 3.63) is 58.4 Å². The minimum atomic E-state index is -0.553. The van der Waals surface area contributed by atoms with Gasteiger partial charge in [-0.2, -0.15) is 5.26 Å². The largest absolute Gasteiger partial charge is 0.340 e. The molecular weight excluding hydrogens is 272 g/mol. The van der Waals surface area contributed by atoms with Crippen LogP contribution in [0, 0.1) is 29.9 Å². The summed E-state index contributed by atoms with van der Waals surface area (Å²) in [6, 6.07) is 7.54. The van der Waals surface area contributed by atoms with Crippen LogP contribution in [0.15, 0.2) is 24.3 Å². The molecule has 2 rings (SSSR count). The number of hydrogen-bond acceptors (Lipinski definition) is 2. The van der Waals surface area contributed by atoms with Crippen molar-refractivity contribution in [2.24, 2.45) is 7.05 Å². The molecule has 0 saturated heterocycles. The Kier molecular flexibility index (Phi) is 4.71. The van der Waals surface area contributed by atoms with Crippen molar-refractivity contribution in [1.82, 2.24) is 9.88 Å². The summed E-state index contributed by atoms with van der Waals surface area (Å²) in [5.41, 5.74) is 3.34. The number of nitrogens with zero attached hydrogens (tertiary/aromatic N) is 2. The van der Waals surface area contributed by atoms with Crippen molar-refractivity contribution in [2.75, 3.05) is 6.54 Å². The van der Waals surface area contributed by atoms with Crippen molar-refractivity contribution in [3.63, 3.8) is 0 Å². The Morgan fingerprint density at radius 2 is 1.86 bits per heavy atom. The van der Waals surface area contributed by atoms with E-state index in [1.165, 1.54) is 12.1 Å². The first kappa shape index (κ1) is 15.2. The summed E-state index contributed by atoms with van der Waals surface area (Å²) in [6.45, 7) is 3.19. The van der Waals surface area contributed by atoms with Crippen LogP contribution < -0.4 is 5.32 Å². The summed E-state index contributed by atoms with van der Waals surface area (Å²) < 4.78 is 27.9. The van der Waals surface area contributed by atoms with Crippen LogP contribution in [0.25, 0.3) is 0 Å². The van der Waals surface area contributed by atoms with Crippen LogP contribution in [0.1, 0.15) is 22.5 Å². The Bertz CT molecular complexity index is 663. The highest BCUT2D eigenvalue weighted by Crippen LogP contribution is 2.13. The molecule has 0 bridgehead atoms. The van der Waals surface area contributed by atoms with Crippen LogP contribution in [-0.4, -0.2) is 11.1 Å². The Labute approximate surface area is 122 Å². The normalized spacial score (nSPS) is 10.6. The van der Waals surface area contributed by atoms with Crippen molar-refractivity contribution >= 4 is 0 Å². The maximum Gasteiger partial charge on any atom is 0.126 e. The summed E-state index contributed by atoms with van der Waals surface area (Å²) in [7, 11) is 1.85. The first-order chi connectivity index (χ1) is 10.0. The van der Waals surface area contributed by atoms with Crippen LogP contribution >= 0.6 is 0 Å². The van der Waals surface area contributed by atoms with Gasteiger partial charge in [-0.15, -0.1) is 0 Å². The van der Waals surface area contributed by atoms with Gasteiger partial charge in [0.05, 0.1) is 0 Å². The van der Waals surface area contributed by atoms with E-state index < -0.39 is 11.6 Å². The Hall–Kier alpha value is -2.19. The van der Waals surface area contributed by atoms with Gasteiger partial charge in [0.1, 0.15) is 23.4 Å². The summed E-state index contributed by atoms with van der Waals surface area (Å²) in [5, 5.41) is 12.2. The second kappa shape index (κ2) is 6.51. The lowest BCUT2D eigenvalue weighted by molar-refractivity contribution is 0.577. The molecule has 0 amide bonds. The number of halogens is 2. The van der Waals surface area contributed by atoms with Gasteiger partial charge in [-0.3, -0.25) is 0 Å². The van der Waals surface area contributed by atoms with Gasteiger partial charge in [0.15, 0.2) is 0 Å². The number of rotatable bonds is 5. The number of nitrogens with one attached hydrogen (secondary N) is 1. The molecule has 2 aromatic rings. The predicted octanol–water partition coefficient (Wildman–Crippen LogP) is 2.82. The molecule has 3 nitrogen and oxygen atoms in total. The zero-order valence-corrected chi connectivity index (χ0v) is 12.1. The highest BCUT2D eigenvalue weighted by molar-refractivity contribution is 5.34. The van der Waals surface area contributed by atoms with Gasteiger partial charge in [0.2, 0.25) is 0 Å². The SMILES string of the molecule is Cc1c(CNCCc2cc(F)cc(F)c2)cc(C#N)n1C. The van der Waals surface area contributed by atoms with Crippen molar-refractivity contribution in [3.8, 4) is 6.07 Å². The van der Waals surface area contributed by atoms with Crippen LogP contribution in [0.2, 0.25) is 0 Å². The molecule has 1 aromatic carbocycles. The molecule has 0 spiro atoms. The molecule has 0 aliphatic heterocycles. The standard InChI is InChI=1S/C16H17F2N3/c1-11-13(7-16(9-19)21(11)2)10-20-4-3-12-5-14(17)8-15(18)6-12/h5-8,20H,3-4,10H2,1-2H3. The molecule has 0 saturated carbocycles. The fourth-order valence-electron chi connectivity index (χ4n) is 2.26. The molecule has 0 radical (unpaired) electrons. The molecule has 5 heteroatoms. The molecule has 1 N–H and O–H groups in total. The zero-order valence-electron chi connectivity index (χ0n) is 12.1. The monoisotopic (exact) mass is 289 g/mol. The van der Waals surface area contributed by atoms with E-state index in [0.29, 0.717) is 30.8 Å². The molecule has 0 aliphatic rings. The van der Waals surface area contributed by atoms with Gasteiger partial charge in [-0.1, -0.05) is 0 Å². The Morgan fingerprint density at radius 3 is 2.43 bits per heavy atom. The second-order valence-electron chi connectivity index (χ2n) is 5.02. The molecule has 0 fully saturated rings. The van der Waals surface area contributed by atoms with Gasteiger partial charge >= 0.3 is 0 Å². The average molecular weight is 289 g/mol. The van der Waals surface area contributed by atoms with Crippen LogP contribution in [-0.2, 0) is 20.0 Å². The third kappa shape index (κ3) is 3.67. The minimum absolute atomic E-state index is 0.547. The number of hydrogen-bond donors (Lipinski definition) is 1. The average Bonchev–Trinajstić information content (AvgIpc) is 2.70. The van der Waals surface area contributed by atoms with Crippen molar-refractivity contribution in [2.45, 2.75) is 19.9 Å². The summed E-state index contributed by atoms with van der Waals surface area (Å²) in [5.74, 6) is -1.11. The van der Waals surface area contributed by atoms with Gasteiger partial charge in [-0.25, -0.2) is 8.78 Å².